The van der Waals surface area contributed by atoms with Gasteiger partial charge in [-0.3, -0.25) is 4.98 Å². The summed E-state index contributed by atoms with van der Waals surface area (Å²) in [6.45, 7) is 0. The van der Waals surface area contributed by atoms with Crippen LogP contribution in [0.1, 0.15) is 0 Å². The first-order valence-electron chi connectivity index (χ1n) is 43.1. The van der Waals surface area contributed by atoms with E-state index in [2.05, 4.69) is 274 Å². The molecule has 132 heavy (non-hydrogen) atoms. The van der Waals surface area contributed by atoms with E-state index in [9.17, 15) is 0 Å². The van der Waals surface area contributed by atoms with Gasteiger partial charge in [-0.1, -0.05) is 302 Å². The van der Waals surface area contributed by atoms with E-state index in [0.29, 0.717) is 69.6 Å². The van der Waals surface area contributed by atoms with Gasteiger partial charge >= 0.3 is 0 Å². The van der Waals surface area contributed by atoms with Crippen LogP contribution in [0.5, 0.6) is 0 Å². The van der Waals surface area contributed by atoms with Gasteiger partial charge in [-0.2, -0.15) is 0 Å². The third-order valence-electron chi connectivity index (χ3n) is 22.5. The molecule has 9 heterocycles. The van der Waals surface area contributed by atoms with E-state index in [1.807, 2.05) is 188 Å². The normalized spacial score (nSPS) is 12.0. The Morgan fingerprint density at radius 3 is 0.674 bits per heavy atom. The number of para-hydroxylation sites is 6. The fourth-order valence-corrected chi connectivity index (χ4v) is 19.3. The molecule has 0 spiro atoms. The summed E-state index contributed by atoms with van der Waals surface area (Å²) in [6.07, 6.45) is 1.75. The van der Waals surface area contributed by atoms with Gasteiger partial charge in [-0.05, 0) is 176 Å². The van der Waals surface area contributed by atoms with Crippen molar-refractivity contribution in [3.8, 4) is 137 Å². The van der Waals surface area contributed by atoms with Gasteiger partial charge in [0.25, 0.3) is 0 Å². The Morgan fingerprint density at radius 2 is 0.371 bits per heavy atom. The monoisotopic (exact) mass is 1750 g/mol. The minimum absolute atomic E-state index is 0.406. The van der Waals surface area contributed by atoms with Crippen molar-refractivity contribution < 1.29 is 0 Å². The van der Waals surface area contributed by atoms with Crippen LogP contribution >= 0.6 is 35.3 Å². The third-order valence-corrected chi connectivity index (χ3v) is 25.8. The van der Waals surface area contributed by atoms with Crippen molar-refractivity contribution in [3.05, 3.63) is 449 Å². The predicted octanol–water partition coefficient (Wildman–Crippen LogP) is 29.0. The second-order valence-electron chi connectivity index (χ2n) is 31.0. The smallest absolute Gasteiger partial charge is 0.201 e. The first-order valence-corrected chi connectivity index (χ1v) is 45.5. The van der Waals surface area contributed by atoms with Crippen molar-refractivity contribution in [2.24, 2.45) is 0 Å². The number of rotatable bonds is 15. The molecule has 0 saturated heterocycles. The Labute approximate surface area is 775 Å². The number of fused-ring (bicyclic) bond motifs is 6. The van der Waals surface area contributed by atoms with E-state index in [-0.39, 0.29) is 0 Å². The second kappa shape index (κ2) is 36.9. The molecule has 19 heteroatoms. The molecule has 3 aliphatic rings. The lowest BCUT2D eigenvalue weighted by Crippen LogP contribution is -2.14. The summed E-state index contributed by atoms with van der Waals surface area (Å²) >= 11 is 5.41. The highest BCUT2D eigenvalue weighted by atomic mass is 32.2. The molecule has 0 radical (unpaired) electrons. The second-order valence-corrected chi connectivity index (χ2v) is 34.2. The summed E-state index contributed by atoms with van der Waals surface area (Å²) < 4.78 is 0. The summed E-state index contributed by atoms with van der Waals surface area (Å²) in [7, 11) is 0. The van der Waals surface area contributed by atoms with Crippen molar-refractivity contribution in [2.45, 2.75) is 29.4 Å². The Bertz CT molecular complexity index is 7490. The molecule has 0 N–H and O–H groups in total. The summed E-state index contributed by atoms with van der Waals surface area (Å²) in [5.74, 6) is 5.47. The molecule has 16 nitrogen and oxygen atoms in total. The van der Waals surface area contributed by atoms with Gasteiger partial charge < -0.3 is 14.7 Å². The molecule has 0 aliphatic carbocycles. The lowest BCUT2D eigenvalue weighted by Gasteiger charge is -2.32. The van der Waals surface area contributed by atoms with Gasteiger partial charge in [-0.15, -0.1) is 0 Å². The van der Waals surface area contributed by atoms with Crippen LogP contribution in [0.2, 0.25) is 0 Å². The van der Waals surface area contributed by atoms with E-state index in [0.717, 1.165) is 95.6 Å². The summed E-state index contributed by atoms with van der Waals surface area (Å²) in [5.41, 5.74) is 22.5. The molecule has 15 aromatic carbocycles. The quantitative estimate of drug-likeness (QED) is 0.0946. The first kappa shape index (κ1) is 81.0. The zero-order valence-corrected chi connectivity index (χ0v) is 73.1. The van der Waals surface area contributed by atoms with Crippen LogP contribution in [0.25, 0.3) is 137 Å². The Kier molecular flexibility index (Phi) is 22.6. The van der Waals surface area contributed by atoms with Crippen LogP contribution in [0, 0.1) is 0 Å². The van der Waals surface area contributed by atoms with E-state index in [1.165, 1.54) is 52.1 Å². The maximum atomic E-state index is 5.02. The predicted molar refractivity (Wildman–Crippen MR) is 532 cm³/mol. The van der Waals surface area contributed by atoms with Crippen molar-refractivity contribution in [1.82, 2.24) is 64.8 Å². The number of anilines is 9. The first-order chi connectivity index (χ1) is 65.4. The molecule has 0 amide bonds. The average molecular weight is 1750 g/mol. The van der Waals surface area contributed by atoms with Crippen LogP contribution < -0.4 is 14.7 Å². The molecule has 3 aliphatic heterocycles. The molecule has 624 valence electrons. The minimum Gasteiger partial charge on any atom is -0.308 e. The van der Waals surface area contributed by atoms with Crippen LogP contribution in [-0.2, 0) is 0 Å². The molecular weight excluding hydrogens is 1680 g/mol. The largest absolute Gasteiger partial charge is 0.308 e. The highest BCUT2D eigenvalue weighted by Crippen LogP contribution is 2.55. The van der Waals surface area contributed by atoms with Crippen molar-refractivity contribution in [3.63, 3.8) is 0 Å². The van der Waals surface area contributed by atoms with Gasteiger partial charge in [0.2, 0.25) is 5.82 Å². The van der Waals surface area contributed by atoms with E-state index in [4.69, 9.17) is 59.8 Å². The Morgan fingerprint density at radius 1 is 0.144 bits per heavy atom. The molecular formula is C113H74N16S3. The van der Waals surface area contributed by atoms with Gasteiger partial charge in [0.05, 0.1) is 51.2 Å². The zero-order valence-electron chi connectivity index (χ0n) is 70.6. The van der Waals surface area contributed by atoms with Crippen LogP contribution in [0.4, 0.5) is 51.2 Å². The fourth-order valence-electron chi connectivity index (χ4n) is 16.1. The molecule has 21 aromatic rings. The van der Waals surface area contributed by atoms with Gasteiger partial charge in [0.15, 0.2) is 52.4 Å². The van der Waals surface area contributed by atoms with Gasteiger partial charge in [0.1, 0.15) is 11.4 Å². The number of pyridine rings is 2. The topological polar surface area (TPSA) is 177 Å². The van der Waals surface area contributed by atoms with E-state index >= 15 is 0 Å². The lowest BCUT2D eigenvalue weighted by atomic mass is 10.1. The maximum Gasteiger partial charge on any atom is 0.201 e. The van der Waals surface area contributed by atoms with Crippen LogP contribution in [-0.4, -0.2) is 64.8 Å². The highest BCUT2D eigenvalue weighted by molar-refractivity contribution is 8.00. The number of nitrogens with zero attached hydrogens (tertiary/aromatic N) is 16. The van der Waals surface area contributed by atoms with Gasteiger partial charge in [0, 0.05) is 103 Å². The van der Waals surface area contributed by atoms with Crippen LogP contribution in [0.3, 0.4) is 0 Å². The number of benzene rings is 15. The Balaban J connectivity index is 0.000000117. The molecule has 0 unspecified atom stereocenters. The van der Waals surface area contributed by atoms with E-state index in [1.54, 1.807) is 41.5 Å². The standard InChI is InChI=1S/C43H28N6S.C38H25N5S.C32H21N5S/c1-4-14-29(15-5-1)34-28-35(30-16-6-2-7-17-30)45-42(44-34)43-47-40(31-18-8-3-9-19-31)46-41(48-43)32-24-26-33(27-25-32)49-36-20-10-12-22-38(36)50-39-23-13-11-21-37(39)49;1-3-12-26(13-4-1)30-16-11-17-31(39-30)38-41-36(27-14-5-2-6-15-27)40-37(42-38)28-22-24-29(25-23-28)43-32-18-7-9-20-34(32)44-35-21-10-8-19-33(35)43;1-2-10-22(11-3-1)30-34-31(36-32(35-30)25-12-8-9-21-33-25)23-17-19-24(20-18-23)37-26-13-4-6-15-28(26)38-29-16-7-5-14-27(29)37/h1-28H;1-25H;1-21H. The number of hydrogen-bond donors (Lipinski definition) is 0. The van der Waals surface area contributed by atoms with Crippen molar-refractivity contribution in [2.75, 3.05) is 14.7 Å². The maximum absolute atomic E-state index is 5.02. The third kappa shape index (κ3) is 17.0. The summed E-state index contributed by atoms with van der Waals surface area (Å²) in [5, 5.41) is 0. The number of aromatic nitrogens is 13. The fraction of sp³-hybridized carbons (Fsp3) is 0. The minimum atomic E-state index is 0.406. The summed E-state index contributed by atoms with van der Waals surface area (Å²) in [6, 6.07) is 150. The van der Waals surface area contributed by atoms with Crippen molar-refractivity contribution >= 4 is 86.5 Å². The Hall–Kier alpha value is -16.8. The SMILES string of the molecule is c1ccc(-c2cc(-c3ccccc3)nc(-c3nc(-c4ccccc4)nc(-c4ccc(N5c6ccccc6Sc6ccccc65)cc4)n3)n2)cc1.c1ccc(-c2cccc(-c3nc(-c4ccccc4)nc(-c4ccc(N5c6ccccc6Sc6ccccc65)cc4)n3)n2)cc1.c1ccc(-c2nc(-c3ccc(N4c5ccccc5Sc5ccccc54)cc3)nc(-c3ccccn3)n2)cc1. The van der Waals surface area contributed by atoms with Crippen LogP contribution in [0.15, 0.2) is 478 Å². The number of hydrogen-bond acceptors (Lipinski definition) is 19. The molecule has 0 atom stereocenters. The molecule has 6 aromatic heterocycles. The van der Waals surface area contributed by atoms with Crippen molar-refractivity contribution in [1.29, 1.82) is 0 Å². The molecule has 0 saturated carbocycles. The molecule has 0 bridgehead atoms. The zero-order chi connectivity index (χ0) is 87.9. The lowest BCUT2D eigenvalue weighted by molar-refractivity contribution is 1.03. The van der Waals surface area contributed by atoms with Gasteiger partial charge in [-0.25, -0.2) is 59.8 Å². The highest BCUT2D eigenvalue weighted by Gasteiger charge is 2.30. The summed E-state index contributed by atoms with van der Waals surface area (Å²) in [4.78, 5) is 77.9. The van der Waals surface area contributed by atoms with E-state index < -0.39 is 0 Å². The molecule has 24 rings (SSSR count). The average Bonchev–Trinajstić information content (AvgIpc) is 0.763. The molecule has 0 fully saturated rings.